The summed E-state index contributed by atoms with van der Waals surface area (Å²) >= 11 is 0. The van der Waals surface area contributed by atoms with Crippen molar-refractivity contribution < 1.29 is 4.79 Å². The van der Waals surface area contributed by atoms with E-state index in [0.29, 0.717) is 0 Å². The first kappa shape index (κ1) is 12.3. The molecule has 1 rings (SSSR count). The van der Waals surface area contributed by atoms with Crippen LogP contribution in [0.5, 0.6) is 0 Å². The molecule has 1 aliphatic rings. The topological polar surface area (TPSA) is 70.4 Å². The molecule has 5 heteroatoms. The summed E-state index contributed by atoms with van der Waals surface area (Å²) in [6.07, 6.45) is 3.26. The first-order valence-electron chi connectivity index (χ1n) is 5.67. The van der Waals surface area contributed by atoms with Gasteiger partial charge in [-0.25, -0.2) is 4.79 Å². The van der Waals surface area contributed by atoms with E-state index in [9.17, 15) is 4.79 Å². The molecule has 1 saturated heterocycles. The van der Waals surface area contributed by atoms with E-state index in [1.807, 2.05) is 0 Å². The van der Waals surface area contributed by atoms with Gasteiger partial charge in [-0.1, -0.05) is 0 Å². The van der Waals surface area contributed by atoms with Gasteiger partial charge >= 0.3 is 6.03 Å². The molecular weight excluding hydrogens is 192 g/mol. The molecule has 0 aromatic carbocycles. The fraction of sp³-hybridized carbons (Fsp3) is 0.900. The molecule has 0 saturated carbocycles. The van der Waals surface area contributed by atoms with Gasteiger partial charge in [0.05, 0.1) is 0 Å². The number of nitrogens with two attached hydrogens (primary N) is 1. The van der Waals surface area contributed by atoms with Crippen LogP contribution in [0.15, 0.2) is 0 Å². The number of carbonyl (C=O) groups is 1. The molecule has 0 aromatic heterocycles. The van der Waals surface area contributed by atoms with Crippen molar-refractivity contribution in [2.45, 2.75) is 25.3 Å². The lowest BCUT2D eigenvalue weighted by Gasteiger charge is -2.32. The maximum absolute atomic E-state index is 11.1. The SMILES string of the molecule is CNC(=O)NC1CCCN(CCCN)C1. The Morgan fingerprint density at radius 2 is 2.40 bits per heavy atom. The van der Waals surface area contributed by atoms with Crippen LogP contribution >= 0.6 is 0 Å². The van der Waals surface area contributed by atoms with E-state index in [4.69, 9.17) is 5.73 Å². The number of carbonyl (C=O) groups excluding carboxylic acids is 1. The van der Waals surface area contributed by atoms with E-state index in [2.05, 4.69) is 15.5 Å². The summed E-state index contributed by atoms with van der Waals surface area (Å²) in [6.45, 7) is 3.87. The van der Waals surface area contributed by atoms with Gasteiger partial charge in [-0.2, -0.15) is 0 Å². The van der Waals surface area contributed by atoms with Crippen molar-refractivity contribution in [3.8, 4) is 0 Å². The van der Waals surface area contributed by atoms with Crippen LogP contribution in [0.4, 0.5) is 4.79 Å². The second-order valence-corrected chi connectivity index (χ2v) is 4.01. The lowest BCUT2D eigenvalue weighted by molar-refractivity contribution is 0.186. The number of urea groups is 1. The summed E-state index contributed by atoms with van der Waals surface area (Å²) in [6, 6.07) is 0.206. The third-order valence-electron chi connectivity index (χ3n) is 2.75. The highest BCUT2D eigenvalue weighted by Crippen LogP contribution is 2.09. The monoisotopic (exact) mass is 214 g/mol. The fourth-order valence-electron chi connectivity index (χ4n) is 1.95. The average Bonchev–Trinajstić information content (AvgIpc) is 2.26. The molecule has 88 valence electrons. The number of nitrogens with one attached hydrogen (secondary N) is 2. The molecule has 5 nitrogen and oxygen atoms in total. The minimum absolute atomic E-state index is 0.0827. The smallest absolute Gasteiger partial charge is 0.314 e. The zero-order valence-corrected chi connectivity index (χ0v) is 9.46. The van der Waals surface area contributed by atoms with Crippen LogP contribution in [0.2, 0.25) is 0 Å². The predicted molar refractivity (Wildman–Crippen MR) is 60.7 cm³/mol. The van der Waals surface area contributed by atoms with E-state index in [0.717, 1.165) is 45.4 Å². The zero-order valence-electron chi connectivity index (χ0n) is 9.46. The van der Waals surface area contributed by atoms with Crippen molar-refractivity contribution in [1.29, 1.82) is 0 Å². The molecule has 0 bridgehead atoms. The Morgan fingerprint density at radius 1 is 1.60 bits per heavy atom. The van der Waals surface area contributed by atoms with Crippen LogP contribution in [0.25, 0.3) is 0 Å². The summed E-state index contributed by atoms with van der Waals surface area (Å²) in [5.74, 6) is 0. The highest BCUT2D eigenvalue weighted by atomic mass is 16.2. The van der Waals surface area contributed by atoms with Crippen molar-refractivity contribution in [3.05, 3.63) is 0 Å². The molecule has 0 aromatic rings. The lowest BCUT2D eigenvalue weighted by Crippen LogP contribution is -2.50. The van der Waals surface area contributed by atoms with Gasteiger partial charge in [0.25, 0.3) is 0 Å². The summed E-state index contributed by atoms with van der Waals surface area (Å²) in [5.41, 5.74) is 5.48. The molecule has 1 unspecified atom stereocenters. The van der Waals surface area contributed by atoms with Gasteiger partial charge in [0.2, 0.25) is 0 Å². The number of hydrogen-bond donors (Lipinski definition) is 3. The lowest BCUT2D eigenvalue weighted by atomic mass is 10.1. The number of rotatable bonds is 4. The van der Waals surface area contributed by atoms with Crippen molar-refractivity contribution in [2.24, 2.45) is 5.73 Å². The van der Waals surface area contributed by atoms with E-state index >= 15 is 0 Å². The summed E-state index contributed by atoms with van der Waals surface area (Å²) < 4.78 is 0. The Hall–Kier alpha value is -0.810. The molecule has 1 aliphatic heterocycles. The largest absolute Gasteiger partial charge is 0.341 e. The minimum atomic E-state index is -0.0827. The second kappa shape index (κ2) is 6.63. The van der Waals surface area contributed by atoms with Gasteiger partial charge in [-0.15, -0.1) is 0 Å². The Bertz CT molecular complexity index is 198. The summed E-state index contributed by atoms with van der Waals surface area (Å²) in [7, 11) is 1.64. The molecule has 0 aliphatic carbocycles. The van der Waals surface area contributed by atoms with Gasteiger partial charge in [0.1, 0.15) is 0 Å². The standard InChI is InChI=1S/C10H22N4O/c1-12-10(15)13-9-4-2-6-14(8-9)7-3-5-11/h9H,2-8,11H2,1H3,(H2,12,13,15). The maximum atomic E-state index is 11.1. The van der Waals surface area contributed by atoms with E-state index in [1.165, 1.54) is 0 Å². The van der Waals surface area contributed by atoms with E-state index < -0.39 is 0 Å². The predicted octanol–water partition coefficient (Wildman–Crippen LogP) is -0.271. The number of nitrogens with zero attached hydrogens (tertiary/aromatic N) is 1. The molecule has 2 amide bonds. The Balaban J connectivity index is 2.25. The van der Waals surface area contributed by atoms with Crippen LogP contribution in [-0.4, -0.2) is 50.2 Å². The summed E-state index contributed by atoms with van der Waals surface area (Å²) in [5, 5.41) is 5.53. The quantitative estimate of drug-likeness (QED) is 0.603. The first-order valence-corrected chi connectivity index (χ1v) is 5.67. The molecule has 1 fully saturated rings. The van der Waals surface area contributed by atoms with E-state index in [1.54, 1.807) is 7.05 Å². The minimum Gasteiger partial charge on any atom is -0.341 e. The number of hydrogen-bond acceptors (Lipinski definition) is 3. The van der Waals surface area contributed by atoms with Crippen LogP contribution in [-0.2, 0) is 0 Å². The van der Waals surface area contributed by atoms with Crippen molar-refractivity contribution in [1.82, 2.24) is 15.5 Å². The third kappa shape index (κ3) is 4.48. The second-order valence-electron chi connectivity index (χ2n) is 4.01. The van der Waals surface area contributed by atoms with Gasteiger partial charge in [0, 0.05) is 19.6 Å². The van der Waals surface area contributed by atoms with Gasteiger partial charge in [0.15, 0.2) is 0 Å². The summed E-state index contributed by atoms with van der Waals surface area (Å²) in [4.78, 5) is 13.5. The molecular formula is C10H22N4O. The third-order valence-corrected chi connectivity index (χ3v) is 2.75. The molecule has 0 radical (unpaired) electrons. The van der Waals surface area contributed by atoms with Gasteiger partial charge in [-0.3, -0.25) is 0 Å². The van der Waals surface area contributed by atoms with Gasteiger partial charge in [-0.05, 0) is 38.9 Å². The molecule has 4 N–H and O–H groups in total. The van der Waals surface area contributed by atoms with E-state index in [-0.39, 0.29) is 12.1 Å². The zero-order chi connectivity index (χ0) is 11.1. The maximum Gasteiger partial charge on any atom is 0.314 e. The highest BCUT2D eigenvalue weighted by molar-refractivity contribution is 5.73. The first-order chi connectivity index (χ1) is 7.26. The Labute approximate surface area is 91.4 Å². The Kier molecular flexibility index (Phi) is 5.42. The average molecular weight is 214 g/mol. The fourth-order valence-corrected chi connectivity index (χ4v) is 1.95. The van der Waals surface area contributed by atoms with Crippen molar-refractivity contribution in [2.75, 3.05) is 33.2 Å². The number of amides is 2. The molecule has 0 spiro atoms. The van der Waals surface area contributed by atoms with Gasteiger partial charge < -0.3 is 21.3 Å². The van der Waals surface area contributed by atoms with Crippen LogP contribution in [0.1, 0.15) is 19.3 Å². The Morgan fingerprint density at radius 3 is 3.07 bits per heavy atom. The highest BCUT2D eigenvalue weighted by Gasteiger charge is 2.20. The molecule has 1 atom stereocenters. The van der Waals surface area contributed by atoms with Crippen molar-refractivity contribution in [3.63, 3.8) is 0 Å². The number of likely N-dealkylation sites (tertiary alicyclic amines) is 1. The van der Waals surface area contributed by atoms with Crippen LogP contribution in [0.3, 0.4) is 0 Å². The number of piperidine rings is 1. The van der Waals surface area contributed by atoms with Crippen LogP contribution in [0, 0.1) is 0 Å². The molecule has 1 heterocycles. The van der Waals surface area contributed by atoms with Crippen LogP contribution < -0.4 is 16.4 Å². The molecule has 15 heavy (non-hydrogen) atoms. The normalized spacial score (nSPS) is 22.4. The van der Waals surface area contributed by atoms with Crippen molar-refractivity contribution >= 4 is 6.03 Å².